The van der Waals surface area contributed by atoms with Crippen LogP contribution in [0.2, 0.25) is 5.02 Å². The molecule has 31 heavy (non-hydrogen) atoms. The first kappa shape index (κ1) is 21.6. The normalized spacial score (nSPS) is 17.5. The van der Waals surface area contributed by atoms with E-state index in [1.807, 2.05) is 24.3 Å². The van der Waals surface area contributed by atoms with Crippen molar-refractivity contribution < 1.29 is 22.3 Å². The molecule has 0 amide bonds. The monoisotopic (exact) mass is 463 g/mol. The second kappa shape index (κ2) is 8.86. The smallest absolute Gasteiger partial charge is 0.247 e. The molecule has 1 unspecified atom stereocenters. The van der Waals surface area contributed by atoms with Crippen molar-refractivity contribution in [1.29, 1.82) is 0 Å². The van der Waals surface area contributed by atoms with Crippen LogP contribution in [0.1, 0.15) is 24.7 Å². The summed E-state index contributed by atoms with van der Waals surface area (Å²) in [6, 6.07) is 11.8. The van der Waals surface area contributed by atoms with Gasteiger partial charge in [0.05, 0.1) is 20.1 Å². The molecule has 1 aromatic heterocycles. The molecule has 164 valence electrons. The van der Waals surface area contributed by atoms with Crippen LogP contribution in [0.4, 0.5) is 0 Å². The van der Waals surface area contributed by atoms with Crippen LogP contribution in [0.25, 0.3) is 11.5 Å². The second-order valence-corrected chi connectivity index (χ2v) is 9.51. The maximum atomic E-state index is 13.3. The summed E-state index contributed by atoms with van der Waals surface area (Å²) in [5.41, 5.74) is 0.767. The van der Waals surface area contributed by atoms with Crippen molar-refractivity contribution in [2.45, 2.75) is 23.7 Å². The molecule has 1 aliphatic rings. The highest BCUT2D eigenvalue weighted by molar-refractivity contribution is 7.89. The molecule has 0 spiro atoms. The van der Waals surface area contributed by atoms with Crippen LogP contribution in [0, 0.1) is 0 Å². The summed E-state index contributed by atoms with van der Waals surface area (Å²) in [4.78, 5) is 0.0487. The summed E-state index contributed by atoms with van der Waals surface area (Å²) in [6.07, 6.45) is 1.43. The minimum Gasteiger partial charge on any atom is -0.497 e. The molecule has 1 atom stereocenters. The fourth-order valence-electron chi connectivity index (χ4n) is 3.60. The second-order valence-electron chi connectivity index (χ2n) is 7.17. The van der Waals surface area contributed by atoms with E-state index in [1.165, 1.54) is 17.5 Å². The molecule has 0 saturated carbocycles. The maximum absolute atomic E-state index is 13.3. The number of ether oxygens (including phenoxy) is 2. The first-order chi connectivity index (χ1) is 14.9. The Hall–Kier alpha value is -2.62. The number of benzene rings is 2. The van der Waals surface area contributed by atoms with Gasteiger partial charge in [0.2, 0.25) is 21.8 Å². The average Bonchev–Trinajstić information content (AvgIpc) is 3.29. The Morgan fingerprint density at radius 2 is 1.87 bits per heavy atom. The maximum Gasteiger partial charge on any atom is 0.247 e. The molecule has 0 N–H and O–H groups in total. The van der Waals surface area contributed by atoms with Gasteiger partial charge in [-0.15, -0.1) is 10.2 Å². The van der Waals surface area contributed by atoms with E-state index in [0.29, 0.717) is 29.8 Å². The first-order valence-corrected chi connectivity index (χ1v) is 11.6. The van der Waals surface area contributed by atoms with Crippen LogP contribution < -0.4 is 9.47 Å². The molecule has 3 aromatic rings. The number of aromatic nitrogens is 2. The van der Waals surface area contributed by atoms with Crippen molar-refractivity contribution >= 4 is 21.6 Å². The van der Waals surface area contributed by atoms with Gasteiger partial charge in [-0.25, -0.2) is 8.42 Å². The van der Waals surface area contributed by atoms with Gasteiger partial charge in [-0.1, -0.05) is 11.6 Å². The van der Waals surface area contributed by atoms with Crippen LogP contribution in [-0.4, -0.2) is 50.2 Å². The standard InChI is InChI=1S/C21H22ClN3O5S/c1-28-17-8-5-14(6-9-17)20-23-24-21(30-20)15-4-3-11-25(13-15)31(26,27)19-12-16(22)7-10-18(19)29-2/h5-10,12,15H,3-4,11,13H2,1-2H3. The van der Waals surface area contributed by atoms with E-state index in [-0.39, 0.29) is 23.1 Å². The lowest BCUT2D eigenvalue weighted by Gasteiger charge is -2.30. The van der Waals surface area contributed by atoms with Crippen molar-refractivity contribution in [3.05, 3.63) is 53.4 Å². The zero-order chi connectivity index (χ0) is 22.0. The number of halogens is 1. The topological polar surface area (TPSA) is 94.8 Å². The number of hydrogen-bond donors (Lipinski definition) is 0. The average molecular weight is 464 g/mol. The fourth-order valence-corrected chi connectivity index (χ4v) is 5.55. The molecule has 1 aliphatic heterocycles. The molecule has 2 aromatic carbocycles. The van der Waals surface area contributed by atoms with Gasteiger partial charge >= 0.3 is 0 Å². The zero-order valence-corrected chi connectivity index (χ0v) is 18.7. The first-order valence-electron chi connectivity index (χ1n) is 9.74. The van der Waals surface area contributed by atoms with E-state index in [1.54, 1.807) is 19.2 Å². The highest BCUT2D eigenvalue weighted by Crippen LogP contribution is 2.35. The Morgan fingerprint density at radius 1 is 1.10 bits per heavy atom. The molecule has 0 radical (unpaired) electrons. The number of methoxy groups -OCH3 is 2. The number of hydrogen-bond acceptors (Lipinski definition) is 7. The van der Waals surface area contributed by atoms with E-state index in [0.717, 1.165) is 17.7 Å². The molecule has 4 rings (SSSR count). The number of piperidine rings is 1. The summed E-state index contributed by atoms with van der Waals surface area (Å²) in [7, 11) is -0.771. The lowest BCUT2D eigenvalue weighted by Crippen LogP contribution is -2.39. The largest absolute Gasteiger partial charge is 0.497 e. The van der Waals surface area contributed by atoms with Crippen molar-refractivity contribution in [3.63, 3.8) is 0 Å². The summed E-state index contributed by atoms with van der Waals surface area (Å²) in [5, 5.41) is 8.65. The van der Waals surface area contributed by atoms with E-state index in [4.69, 9.17) is 25.5 Å². The third kappa shape index (κ3) is 4.39. The Morgan fingerprint density at radius 3 is 2.58 bits per heavy atom. The Balaban J connectivity index is 1.56. The number of sulfonamides is 1. The van der Waals surface area contributed by atoms with Gasteiger partial charge in [0.25, 0.3) is 0 Å². The van der Waals surface area contributed by atoms with Crippen LogP contribution in [0.5, 0.6) is 11.5 Å². The quantitative estimate of drug-likeness (QED) is 0.545. The Kier molecular flexibility index (Phi) is 6.17. The van der Waals surface area contributed by atoms with Gasteiger partial charge in [-0.3, -0.25) is 0 Å². The molecule has 0 aliphatic carbocycles. The molecular formula is C21H22ClN3O5S. The molecular weight excluding hydrogens is 442 g/mol. The molecule has 8 nitrogen and oxygen atoms in total. The predicted octanol–water partition coefficient (Wildman–Crippen LogP) is 3.98. The Labute approximate surface area is 185 Å². The van der Waals surface area contributed by atoms with Gasteiger partial charge in [0.15, 0.2) is 0 Å². The van der Waals surface area contributed by atoms with Crippen LogP contribution in [0.3, 0.4) is 0 Å². The van der Waals surface area contributed by atoms with Gasteiger partial charge in [0, 0.05) is 23.7 Å². The Bertz CT molecular complexity index is 1160. The third-order valence-corrected chi connectivity index (χ3v) is 7.38. The summed E-state index contributed by atoms with van der Waals surface area (Å²) >= 11 is 6.04. The van der Waals surface area contributed by atoms with Crippen LogP contribution in [-0.2, 0) is 10.0 Å². The van der Waals surface area contributed by atoms with E-state index < -0.39 is 10.0 Å². The van der Waals surface area contributed by atoms with Gasteiger partial charge in [0.1, 0.15) is 16.4 Å². The molecule has 0 bridgehead atoms. The van der Waals surface area contributed by atoms with Crippen molar-refractivity contribution in [2.24, 2.45) is 0 Å². The van der Waals surface area contributed by atoms with Gasteiger partial charge in [-0.2, -0.15) is 4.31 Å². The lowest BCUT2D eigenvalue weighted by atomic mass is 10.00. The molecule has 1 saturated heterocycles. The van der Waals surface area contributed by atoms with Crippen LogP contribution in [0.15, 0.2) is 51.8 Å². The van der Waals surface area contributed by atoms with Crippen LogP contribution >= 0.6 is 11.6 Å². The minimum atomic E-state index is -3.80. The van der Waals surface area contributed by atoms with Gasteiger partial charge in [-0.05, 0) is 55.3 Å². The fraction of sp³-hybridized carbons (Fsp3) is 0.333. The minimum absolute atomic E-state index is 0.0487. The van der Waals surface area contributed by atoms with Crippen molar-refractivity contribution in [1.82, 2.24) is 14.5 Å². The van der Waals surface area contributed by atoms with E-state index in [2.05, 4.69) is 10.2 Å². The van der Waals surface area contributed by atoms with E-state index >= 15 is 0 Å². The summed E-state index contributed by atoms with van der Waals surface area (Å²) in [6.45, 7) is 0.635. The number of rotatable bonds is 6. The van der Waals surface area contributed by atoms with Crippen molar-refractivity contribution in [3.8, 4) is 23.0 Å². The SMILES string of the molecule is COc1ccc(-c2nnc(C3CCCN(S(=O)(=O)c4cc(Cl)ccc4OC)C3)o2)cc1. The molecule has 2 heterocycles. The highest BCUT2D eigenvalue weighted by atomic mass is 35.5. The van der Waals surface area contributed by atoms with Gasteiger partial charge < -0.3 is 13.9 Å². The number of nitrogens with zero attached hydrogens (tertiary/aromatic N) is 3. The zero-order valence-electron chi connectivity index (χ0n) is 17.1. The molecule has 10 heteroatoms. The molecule has 1 fully saturated rings. The van der Waals surface area contributed by atoms with Crippen molar-refractivity contribution in [2.75, 3.05) is 27.3 Å². The predicted molar refractivity (Wildman–Crippen MR) is 115 cm³/mol. The summed E-state index contributed by atoms with van der Waals surface area (Å²) in [5.74, 6) is 1.59. The third-order valence-electron chi connectivity index (χ3n) is 5.25. The summed E-state index contributed by atoms with van der Waals surface area (Å²) < 4.78 is 44.3. The van der Waals surface area contributed by atoms with E-state index in [9.17, 15) is 8.42 Å². The highest BCUT2D eigenvalue weighted by Gasteiger charge is 2.35. The lowest BCUT2D eigenvalue weighted by molar-refractivity contribution is 0.285.